The first-order valence-corrected chi connectivity index (χ1v) is 9.85. The highest BCUT2D eigenvalue weighted by Gasteiger charge is 2.18. The highest BCUT2D eigenvalue weighted by molar-refractivity contribution is 6.07. The third-order valence-electron chi connectivity index (χ3n) is 4.87. The Morgan fingerprint density at radius 2 is 1.57 bits per heavy atom. The Kier molecular flexibility index (Phi) is 6.61. The number of nitrogens with one attached hydrogen (secondary N) is 2. The Morgan fingerprint density at radius 1 is 0.867 bits per heavy atom. The van der Waals surface area contributed by atoms with Gasteiger partial charge in [0.2, 0.25) is 17.6 Å². The van der Waals surface area contributed by atoms with Gasteiger partial charge in [-0.1, -0.05) is 6.07 Å². The van der Waals surface area contributed by atoms with E-state index in [2.05, 4.69) is 10.6 Å². The largest absolute Gasteiger partial charge is 0.454 e. The summed E-state index contributed by atoms with van der Waals surface area (Å²) >= 11 is 0. The summed E-state index contributed by atoms with van der Waals surface area (Å²) in [4.78, 5) is 47.8. The molecule has 0 heterocycles. The van der Waals surface area contributed by atoms with Crippen LogP contribution in [-0.4, -0.2) is 30.2 Å². The lowest BCUT2D eigenvalue weighted by molar-refractivity contribution is -0.115. The smallest absolute Gasteiger partial charge is 0.338 e. The molecule has 0 aliphatic heterocycles. The van der Waals surface area contributed by atoms with Crippen LogP contribution in [0.15, 0.2) is 36.4 Å². The van der Waals surface area contributed by atoms with Crippen LogP contribution in [0.4, 0.5) is 11.4 Å². The number of hydrogen-bond donors (Lipinski definition) is 2. The minimum atomic E-state index is -0.562. The van der Waals surface area contributed by atoms with Crippen LogP contribution in [0.25, 0.3) is 0 Å². The molecule has 156 valence electrons. The van der Waals surface area contributed by atoms with Gasteiger partial charge in [0.25, 0.3) is 0 Å². The van der Waals surface area contributed by atoms with Crippen molar-refractivity contribution in [2.24, 2.45) is 0 Å². The molecule has 30 heavy (non-hydrogen) atoms. The summed E-state index contributed by atoms with van der Waals surface area (Å²) in [5.41, 5.74) is 3.71. The van der Waals surface area contributed by atoms with Crippen LogP contribution in [0.1, 0.15) is 58.5 Å². The Bertz CT molecular complexity index is 1010. The van der Waals surface area contributed by atoms with Crippen molar-refractivity contribution in [2.75, 3.05) is 17.2 Å². The Morgan fingerprint density at radius 3 is 2.27 bits per heavy atom. The Hall–Kier alpha value is -3.48. The molecule has 1 aliphatic rings. The fraction of sp³-hybridized carbons (Fsp3) is 0.304. The van der Waals surface area contributed by atoms with Gasteiger partial charge in [0.05, 0.1) is 11.3 Å². The van der Waals surface area contributed by atoms with Crippen molar-refractivity contribution in [3.63, 3.8) is 0 Å². The standard InChI is InChI=1S/C23H24N2O5/c1-14(26)24-19-9-10-20(21(12-19)25-15(2)27)22(28)13-30-23(29)18-8-7-16-5-3-4-6-17(16)11-18/h7-12H,3-6,13H2,1-2H3,(H,24,26)(H,25,27). The summed E-state index contributed by atoms with van der Waals surface area (Å²) in [5, 5.41) is 5.16. The number of fused-ring (bicyclic) bond motifs is 1. The lowest BCUT2D eigenvalue weighted by Crippen LogP contribution is -2.18. The van der Waals surface area contributed by atoms with Gasteiger partial charge >= 0.3 is 5.97 Å². The van der Waals surface area contributed by atoms with Gasteiger partial charge in [-0.15, -0.1) is 0 Å². The van der Waals surface area contributed by atoms with Crippen LogP contribution >= 0.6 is 0 Å². The topological polar surface area (TPSA) is 102 Å². The third-order valence-corrected chi connectivity index (χ3v) is 4.87. The maximum atomic E-state index is 12.6. The molecule has 0 aromatic heterocycles. The molecule has 2 N–H and O–H groups in total. The van der Waals surface area contributed by atoms with Gasteiger partial charge in [-0.05, 0) is 67.1 Å². The van der Waals surface area contributed by atoms with Crippen molar-refractivity contribution in [1.29, 1.82) is 0 Å². The highest BCUT2D eigenvalue weighted by atomic mass is 16.5. The predicted molar refractivity (Wildman–Crippen MR) is 113 cm³/mol. The monoisotopic (exact) mass is 408 g/mol. The lowest BCUT2D eigenvalue weighted by atomic mass is 9.90. The maximum absolute atomic E-state index is 12.6. The normalized spacial score (nSPS) is 12.5. The molecule has 0 unspecified atom stereocenters. The zero-order valence-electron chi connectivity index (χ0n) is 17.0. The van der Waals surface area contributed by atoms with Crippen LogP contribution in [0.2, 0.25) is 0 Å². The van der Waals surface area contributed by atoms with Crippen LogP contribution in [-0.2, 0) is 27.2 Å². The van der Waals surface area contributed by atoms with Gasteiger partial charge in [-0.3, -0.25) is 14.4 Å². The molecule has 7 nitrogen and oxygen atoms in total. The van der Waals surface area contributed by atoms with Crippen molar-refractivity contribution in [3.8, 4) is 0 Å². The number of benzene rings is 2. The number of ether oxygens (including phenoxy) is 1. The molecule has 2 amide bonds. The molecule has 0 atom stereocenters. The van der Waals surface area contributed by atoms with Crippen molar-refractivity contribution in [1.82, 2.24) is 0 Å². The molecule has 0 fully saturated rings. The first-order valence-electron chi connectivity index (χ1n) is 9.85. The van der Waals surface area contributed by atoms with Gasteiger partial charge in [0.15, 0.2) is 6.61 Å². The quantitative estimate of drug-likeness (QED) is 0.562. The maximum Gasteiger partial charge on any atom is 0.338 e. The van der Waals surface area contributed by atoms with Gasteiger partial charge in [0, 0.05) is 25.1 Å². The fourth-order valence-electron chi connectivity index (χ4n) is 3.51. The summed E-state index contributed by atoms with van der Waals surface area (Å²) < 4.78 is 5.22. The van der Waals surface area contributed by atoms with Crippen LogP contribution in [0.3, 0.4) is 0 Å². The zero-order valence-corrected chi connectivity index (χ0v) is 17.0. The molecular weight excluding hydrogens is 384 g/mol. The Labute approximate surface area is 174 Å². The third kappa shape index (κ3) is 5.31. The van der Waals surface area contributed by atoms with E-state index in [1.54, 1.807) is 12.1 Å². The number of esters is 1. The molecule has 2 aromatic rings. The van der Waals surface area contributed by atoms with E-state index >= 15 is 0 Å². The number of rotatable bonds is 6. The van der Waals surface area contributed by atoms with E-state index in [9.17, 15) is 19.2 Å². The summed E-state index contributed by atoms with van der Waals surface area (Å²) in [7, 11) is 0. The molecule has 0 spiro atoms. The molecule has 0 bridgehead atoms. The van der Waals surface area contributed by atoms with E-state index in [4.69, 9.17) is 4.74 Å². The highest BCUT2D eigenvalue weighted by Crippen LogP contribution is 2.24. The van der Waals surface area contributed by atoms with Crippen LogP contribution in [0, 0.1) is 0 Å². The van der Waals surface area contributed by atoms with Crippen molar-refractivity contribution in [2.45, 2.75) is 39.5 Å². The second-order valence-electron chi connectivity index (χ2n) is 7.31. The lowest BCUT2D eigenvalue weighted by Gasteiger charge is -2.16. The van der Waals surface area contributed by atoms with Crippen molar-refractivity contribution in [3.05, 3.63) is 58.7 Å². The number of hydrogen-bond acceptors (Lipinski definition) is 5. The molecule has 7 heteroatoms. The van der Waals surface area contributed by atoms with Gasteiger partial charge < -0.3 is 15.4 Å². The molecule has 3 rings (SSSR count). The molecule has 0 saturated heterocycles. The van der Waals surface area contributed by atoms with Gasteiger partial charge in [0.1, 0.15) is 0 Å². The fourth-order valence-corrected chi connectivity index (χ4v) is 3.51. The van der Waals surface area contributed by atoms with Crippen molar-refractivity contribution >= 4 is 34.9 Å². The predicted octanol–water partition coefficient (Wildman–Crippen LogP) is 3.52. The second kappa shape index (κ2) is 9.35. The summed E-state index contributed by atoms with van der Waals surface area (Å²) in [5.74, 6) is -1.66. The molecule has 0 saturated carbocycles. The zero-order chi connectivity index (χ0) is 21.7. The number of carbonyl (C=O) groups is 4. The average molecular weight is 408 g/mol. The first-order chi connectivity index (χ1) is 14.3. The summed E-state index contributed by atoms with van der Waals surface area (Å²) in [6, 6.07) is 10.0. The minimum absolute atomic E-state index is 0.192. The van der Waals surface area contributed by atoms with E-state index in [0.717, 1.165) is 31.2 Å². The number of Topliss-reactive ketones (excluding diaryl/α,β-unsaturated/α-hetero) is 1. The molecule has 2 aromatic carbocycles. The number of ketones is 1. The molecule has 0 radical (unpaired) electrons. The number of anilines is 2. The van der Waals surface area contributed by atoms with Crippen LogP contribution < -0.4 is 10.6 Å². The number of amides is 2. The average Bonchev–Trinajstić information content (AvgIpc) is 2.70. The van der Waals surface area contributed by atoms with E-state index in [-0.39, 0.29) is 23.1 Å². The second-order valence-corrected chi connectivity index (χ2v) is 7.31. The first kappa shape index (κ1) is 21.2. The van der Waals surface area contributed by atoms with E-state index in [0.29, 0.717) is 11.3 Å². The van der Waals surface area contributed by atoms with Gasteiger partial charge in [-0.25, -0.2) is 4.79 Å². The van der Waals surface area contributed by atoms with E-state index < -0.39 is 18.4 Å². The van der Waals surface area contributed by atoms with E-state index in [1.165, 1.54) is 31.5 Å². The minimum Gasteiger partial charge on any atom is -0.454 e. The molecular formula is C23H24N2O5. The SMILES string of the molecule is CC(=O)Nc1ccc(C(=O)COC(=O)c2ccc3c(c2)CCCC3)c(NC(C)=O)c1. The molecule has 1 aliphatic carbocycles. The van der Waals surface area contributed by atoms with Crippen molar-refractivity contribution < 1.29 is 23.9 Å². The number of aryl methyl sites for hydroxylation is 2. The van der Waals surface area contributed by atoms with E-state index in [1.807, 2.05) is 12.1 Å². The Balaban J connectivity index is 1.71. The summed E-state index contributed by atoms with van der Waals surface area (Å²) in [6.07, 6.45) is 4.21. The van der Waals surface area contributed by atoms with Crippen LogP contribution in [0.5, 0.6) is 0 Å². The number of carbonyl (C=O) groups excluding carboxylic acids is 4. The summed E-state index contributed by atoms with van der Waals surface area (Å²) in [6.45, 7) is 2.22. The van der Waals surface area contributed by atoms with Gasteiger partial charge in [-0.2, -0.15) is 0 Å².